The Morgan fingerprint density at radius 3 is 1.43 bits per heavy atom. The van der Waals surface area contributed by atoms with Crippen LogP contribution in [-0.4, -0.2) is 16.4 Å². The maximum absolute atomic E-state index is 9.00. The van der Waals surface area contributed by atoms with Gasteiger partial charge in [0.25, 0.3) is 5.97 Å². The Morgan fingerprint density at radius 2 is 1.29 bits per heavy atom. The first-order valence-corrected chi connectivity index (χ1v) is 5.95. The molecule has 1 N–H and O–H groups in total. The van der Waals surface area contributed by atoms with Gasteiger partial charge >= 0.3 is 0 Å². The van der Waals surface area contributed by atoms with Crippen molar-refractivity contribution in [2.24, 2.45) is 0 Å². The van der Waals surface area contributed by atoms with Crippen molar-refractivity contribution in [2.75, 3.05) is 5.34 Å². The van der Waals surface area contributed by atoms with Crippen molar-refractivity contribution in [3.8, 4) is 0 Å². The molecular formula is C10H22Cl2O2. The molecule has 0 amide bonds. The largest absolute Gasteiger partial charge is 0.481 e. The van der Waals surface area contributed by atoms with Crippen LogP contribution in [0.3, 0.4) is 0 Å². The molecule has 2 nitrogen and oxygen atoms in total. The molecule has 0 spiro atoms. The van der Waals surface area contributed by atoms with Crippen molar-refractivity contribution in [3.05, 3.63) is 0 Å². The molecule has 0 aromatic rings. The summed E-state index contributed by atoms with van der Waals surface area (Å²) in [7, 11) is 0. The number of halogens is 2. The lowest BCUT2D eigenvalue weighted by atomic mass is 10.2. The van der Waals surface area contributed by atoms with E-state index in [1.807, 2.05) is 0 Å². The van der Waals surface area contributed by atoms with E-state index in [9.17, 15) is 0 Å². The Morgan fingerprint density at radius 1 is 1.07 bits per heavy atom. The van der Waals surface area contributed by atoms with E-state index < -0.39 is 5.97 Å². The SMILES string of the molecule is CC(=O)O.CCCCCCC.ClCCl. The molecule has 0 aliphatic heterocycles. The van der Waals surface area contributed by atoms with Gasteiger partial charge in [0.2, 0.25) is 0 Å². The van der Waals surface area contributed by atoms with Gasteiger partial charge in [0.05, 0.1) is 5.34 Å². The van der Waals surface area contributed by atoms with Crippen LogP contribution in [0.4, 0.5) is 0 Å². The van der Waals surface area contributed by atoms with E-state index in [2.05, 4.69) is 13.8 Å². The summed E-state index contributed by atoms with van der Waals surface area (Å²) in [5.41, 5.74) is 0. The minimum atomic E-state index is -0.833. The van der Waals surface area contributed by atoms with Crippen molar-refractivity contribution in [3.63, 3.8) is 0 Å². The summed E-state index contributed by atoms with van der Waals surface area (Å²) in [6, 6.07) is 0. The van der Waals surface area contributed by atoms with Crippen molar-refractivity contribution in [1.29, 1.82) is 0 Å². The Hall–Kier alpha value is 0.0500. The van der Waals surface area contributed by atoms with Crippen LogP contribution < -0.4 is 0 Å². The third kappa shape index (κ3) is 89.7. The molecule has 0 atom stereocenters. The molecule has 0 radical (unpaired) electrons. The monoisotopic (exact) mass is 244 g/mol. The minimum Gasteiger partial charge on any atom is -0.481 e. The number of rotatable bonds is 4. The van der Waals surface area contributed by atoms with Crippen molar-refractivity contribution >= 4 is 29.2 Å². The highest BCUT2D eigenvalue weighted by Gasteiger charge is 1.80. The van der Waals surface area contributed by atoms with Gasteiger partial charge in [-0.3, -0.25) is 4.79 Å². The molecule has 0 saturated heterocycles. The second kappa shape index (κ2) is 23.1. The van der Waals surface area contributed by atoms with E-state index in [0.29, 0.717) is 0 Å². The molecule has 0 aromatic heterocycles. The molecular weight excluding hydrogens is 223 g/mol. The van der Waals surface area contributed by atoms with Crippen LogP contribution >= 0.6 is 23.2 Å². The fourth-order valence-corrected chi connectivity index (χ4v) is 0.677. The van der Waals surface area contributed by atoms with Crippen LogP contribution in [0.25, 0.3) is 0 Å². The predicted octanol–water partition coefficient (Wildman–Crippen LogP) is 4.49. The van der Waals surface area contributed by atoms with Crippen LogP contribution in [0.2, 0.25) is 0 Å². The summed E-state index contributed by atoms with van der Waals surface area (Å²) in [4.78, 5) is 9.00. The highest BCUT2D eigenvalue weighted by Crippen LogP contribution is 2.00. The van der Waals surface area contributed by atoms with E-state index in [0.717, 1.165) is 6.92 Å². The molecule has 0 aliphatic carbocycles. The molecule has 4 heteroatoms. The molecule has 0 bridgehead atoms. The smallest absolute Gasteiger partial charge is 0.300 e. The molecule has 14 heavy (non-hydrogen) atoms. The lowest BCUT2D eigenvalue weighted by Crippen LogP contribution is -1.78. The summed E-state index contributed by atoms with van der Waals surface area (Å²) in [6.45, 7) is 5.57. The average molecular weight is 245 g/mol. The van der Waals surface area contributed by atoms with Crippen LogP contribution in [0.5, 0.6) is 0 Å². The first kappa shape index (κ1) is 19.6. The Labute approximate surface area is 97.6 Å². The third-order valence-corrected chi connectivity index (χ3v) is 1.21. The van der Waals surface area contributed by atoms with Gasteiger partial charge in [-0.15, -0.1) is 23.2 Å². The maximum Gasteiger partial charge on any atom is 0.300 e. The van der Waals surface area contributed by atoms with Gasteiger partial charge in [-0.05, 0) is 0 Å². The molecule has 0 fully saturated rings. The van der Waals surface area contributed by atoms with E-state index in [1.165, 1.54) is 32.1 Å². The number of carboxylic acids is 1. The fourth-order valence-electron chi connectivity index (χ4n) is 0.677. The molecule has 0 unspecified atom stereocenters. The molecule has 0 rings (SSSR count). The standard InChI is InChI=1S/C7H16.C2H4O2.CH2Cl2/c1-3-5-7-6-4-2;1-2(3)4;2-1-3/h3-7H2,1-2H3;1H3,(H,3,4);1H2. The number of unbranched alkanes of at least 4 members (excludes halogenated alkanes) is 4. The van der Waals surface area contributed by atoms with Crippen molar-refractivity contribution in [2.45, 2.75) is 52.9 Å². The second-order valence-electron chi connectivity index (χ2n) is 2.68. The number of hydrogen-bond donors (Lipinski definition) is 1. The zero-order chi connectivity index (χ0) is 11.8. The minimum absolute atomic E-state index is 0.194. The van der Waals surface area contributed by atoms with Crippen molar-refractivity contribution in [1.82, 2.24) is 0 Å². The van der Waals surface area contributed by atoms with Crippen molar-refractivity contribution < 1.29 is 9.90 Å². The van der Waals surface area contributed by atoms with Gasteiger partial charge < -0.3 is 5.11 Å². The second-order valence-corrected chi connectivity index (χ2v) is 3.49. The highest BCUT2D eigenvalue weighted by molar-refractivity contribution is 6.40. The molecule has 88 valence electrons. The van der Waals surface area contributed by atoms with Gasteiger partial charge in [-0.25, -0.2) is 0 Å². The number of alkyl halides is 2. The Bertz CT molecular complexity index is 90.1. The van der Waals surface area contributed by atoms with E-state index in [1.54, 1.807) is 0 Å². The van der Waals surface area contributed by atoms with Crippen LogP contribution in [0.15, 0.2) is 0 Å². The zero-order valence-corrected chi connectivity index (χ0v) is 10.9. The predicted molar refractivity (Wildman–Crippen MR) is 64.3 cm³/mol. The highest BCUT2D eigenvalue weighted by atomic mass is 35.5. The van der Waals surface area contributed by atoms with Crippen LogP contribution in [0.1, 0.15) is 52.9 Å². The zero-order valence-electron chi connectivity index (χ0n) is 9.35. The number of carbonyl (C=O) groups is 1. The summed E-state index contributed by atoms with van der Waals surface area (Å²) >= 11 is 9.53. The molecule has 0 saturated carbocycles. The van der Waals surface area contributed by atoms with Crippen LogP contribution in [-0.2, 0) is 4.79 Å². The van der Waals surface area contributed by atoms with Crippen LogP contribution in [0, 0.1) is 0 Å². The first-order valence-electron chi connectivity index (χ1n) is 4.88. The lowest BCUT2D eigenvalue weighted by Gasteiger charge is -1.90. The summed E-state index contributed by atoms with van der Waals surface area (Å²) in [6.07, 6.45) is 7.01. The van der Waals surface area contributed by atoms with Gasteiger partial charge in [0.1, 0.15) is 0 Å². The average Bonchev–Trinajstić information content (AvgIpc) is 2.06. The van der Waals surface area contributed by atoms with E-state index >= 15 is 0 Å². The third-order valence-electron chi connectivity index (χ3n) is 1.21. The maximum atomic E-state index is 9.00. The Balaban J connectivity index is -0.000000147. The summed E-state index contributed by atoms with van der Waals surface area (Å²) in [5.74, 6) is -0.833. The lowest BCUT2D eigenvalue weighted by molar-refractivity contribution is -0.134. The number of hydrogen-bond acceptors (Lipinski definition) is 1. The van der Waals surface area contributed by atoms with E-state index in [4.69, 9.17) is 33.1 Å². The van der Waals surface area contributed by atoms with Gasteiger partial charge in [-0.1, -0.05) is 46.0 Å². The van der Waals surface area contributed by atoms with Gasteiger partial charge in [0, 0.05) is 6.92 Å². The fraction of sp³-hybridized carbons (Fsp3) is 0.900. The quantitative estimate of drug-likeness (QED) is 0.585. The number of aliphatic carboxylic acids is 1. The van der Waals surface area contributed by atoms with Gasteiger partial charge in [0.15, 0.2) is 0 Å². The number of carboxylic acid groups (broad SMARTS) is 1. The molecule has 0 aliphatic rings. The topological polar surface area (TPSA) is 37.3 Å². The first-order chi connectivity index (χ1) is 6.56. The van der Waals surface area contributed by atoms with E-state index in [-0.39, 0.29) is 5.34 Å². The molecule has 0 heterocycles. The van der Waals surface area contributed by atoms with Gasteiger partial charge in [-0.2, -0.15) is 0 Å². The molecule has 0 aromatic carbocycles. The summed E-state index contributed by atoms with van der Waals surface area (Å²) < 4.78 is 0. The normalized spacial score (nSPS) is 7.79. The summed E-state index contributed by atoms with van der Waals surface area (Å²) in [5, 5.41) is 7.61. The Kier molecular flexibility index (Phi) is 32.4.